The summed E-state index contributed by atoms with van der Waals surface area (Å²) in [6.45, 7) is 1.81. The minimum Gasteiger partial charge on any atom is -0.455 e. The number of anilines is 1. The number of benzene rings is 1. The van der Waals surface area contributed by atoms with Crippen molar-refractivity contribution in [2.75, 3.05) is 18.5 Å². The van der Waals surface area contributed by atoms with E-state index in [-0.39, 0.29) is 16.3 Å². The Kier molecular flexibility index (Phi) is 5.80. The number of hydrogen-bond acceptors (Lipinski definition) is 7. The van der Waals surface area contributed by atoms with Crippen LogP contribution in [0.3, 0.4) is 0 Å². The average Bonchev–Trinajstić information content (AvgIpc) is 3.24. The molecule has 0 saturated heterocycles. The van der Waals surface area contributed by atoms with E-state index in [1.54, 1.807) is 0 Å². The molecule has 0 fully saturated rings. The van der Waals surface area contributed by atoms with E-state index in [2.05, 4.69) is 15.2 Å². The molecule has 3 rings (SSSR count). The number of nitrogens with zero attached hydrogens (tertiary/aromatic N) is 1. The molecule has 2 N–H and O–H groups in total. The maximum Gasteiger partial charge on any atom is 0.321 e. The zero-order valence-corrected chi connectivity index (χ0v) is 16.4. The van der Waals surface area contributed by atoms with E-state index in [1.807, 2.05) is 18.2 Å². The number of amides is 1. The highest BCUT2D eigenvalue weighted by Gasteiger charge is 2.25. The quantitative estimate of drug-likeness (QED) is 0.661. The van der Waals surface area contributed by atoms with Crippen LogP contribution in [0.4, 0.5) is 5.69 Å². The van der Waals surface area contributed by atoms with E-state index in [1.165, 1.54) is 25.0 Å². The Morgan fingerprint density at radius 2 is 1.96 bits per heavy atom. The topological polar surface area (TPSA) is 128 Å². The normalized spacial score (nSPS) is 13.2. The molecule has 1 aliphatic rings. The smallest absolute Gasteiger partial charge is 0.321 e. The van der Waals surface area contributed by atoms with Gasteiger partial charge in [0.25, 0.3) is 5.91 Å². The molecule has 0 atom stereocenters. The molecule has 150 valence electrons. The molecule has 2 aromatic rings. The minimum absolute atomic E-state index is 0.116. The van der Waals surface area contributed by atoms with Gasteiger partial charge < -0.3 is 14.6 Å². The summed E-state index contributed by atoms with van der Waals surface area (Å²) in [7, 11) is -3.97. The molecule has 0 aliphatic heterocycles. The number of fused-ring (bicyclic) bond motifs is 1. The first-order chi connectivity index (χ1) is 13.3. The first kappa shape index (κ1) is 20.0. The van der Waals surface area contributed by atoms with Crippen LogP contribution in [0.1, 0.15) is 29.0 Å². The number of carbonyl (C=O) groups is 2. The summed E-state index contributed by atoms with van der Waals surface area (Å²) in [6.07, 6.45) is 3.14. The summed E-state index contributed by atoms with van der Waals surface area (Å²) in [4.78, 5) is 23.6. The highest BCUT2D eigenvalue weighted by Crippen LogP contribution is 2.24. The number of esters is 1. The van der Waals surface area contributed by atoms with Gasteiger partial charge in [-0.2, -0.15) is 4.72 Å². The Hall–Kier alpha value is -2.72. The third-order valence-electron chi connectivity index (χ3n) is 4.39. The van der Waals surface area contributed by atoms with Crippen LogP contribution in [0, 0.1) is 13.8 Å². The van der Waals surface area contributed by atoms with Crippen LogP contribution >= 0.6 is 0 Å². The molecule has 1 heterocycles. The maximum atomic E-state index is 12.2. The number of aromatic nitrogens is 1. The van der Waals surface area contributed by atoms with Crippen molar-refractivity contribution in [1.82, 2.24) is 9.88 Å². The molecule has 1 aromatic carbocycles. The fraction of sp³-hybridized carbons (Fsp3) is 0.389. The first-order valence-corrected chi connectivity index (χ1v) is 10.2. The van der Waals surface area contributed by atoms with Crippen LogP contribution < -0.4 is 10.0 Å². The van der Waals surface area contributed by atoms with E-state index >= 15 is 0 Å². The van der Waals surface area contributed by atoms with Crippen LogP contribution in [-0.2, 0) is 37.2 Å². The molecule has 1 aromatic heterocycles. The second-order valence-corrected chi connectivity index (χ2v) is 8.23. The summed E-state index contributed by atoms with van der Waals surface area (Å²) in [5, 5.41) is 6.23. The number of rotatable bonds is 7. The molecule has 1 aliphatic carbocycles. The van der Waals surface area contributed by atoms with Gasteiger partial charge in [-0.25, -0.2) is 8.42 Å². The van der Waals surface area contributed by atoms with Crippen LogP contribution in [-0.4, -0.2) is 38.6 Å². The summed E-state index contributed by atoms with van der Waals surface area (Å²) in [5.41, 5.74) is 3.33. The Balaban J connectivity index is 1.47. The highest BCUT2D eigenvalue weighted by molar-refractivity contribution is 7.89. The largest absolute Gasteiger partial charge is 0.455 e. The second kappa shape index (κ2) is 8.11. The molecule has 0 spiro atoms. The first-order valence-electron chi connectivity index (χ1n) is 8.76. The van der Waals surface area contributed by atoms with Gasteiger partial charge in [0.2, 0.25) is 10.0 Å². The monoisotopic (exact) mass is 407 g/mol. The van der Waals surface area contributed by atoms with E-state index in [9.17, 15) is 18.0 Å². The fourth-order valence-corrected chi connectivity index (χ4v) is 4.42. The molecule has 9 nitrogen and oxygen atoms in total. The lowest BCUT2D eigenvalue weighted by Gasteiger charge is -2.09. The van der Waals surface area contributed by atoms with Gasteiger partial charge in [0.15, 0.2) is 12.4 Å². The summed E-state index contributed by atoms with van der Waals surface area (Å²) in [5.74, 6) is -1.26. The van der Waals surface area contributed by atoms with Gasteiger partial charge in [-0.1, -0.05) is 11.2 Å². The number of sulfonamides is 1. The number of carbonyl (C=O) groups excluding carboxylic acids is 2. The van der Waals surface area contributed by atoms with Crippen LogP contribution in [0.15, 0.2) is 27.6 Å². The maximum absolute atomic E-state index is 12.2. The molecule has 28 heavy (non-hydrogen) atoms. The van der Waals surface area contributed by atoms with E-state index in [4.69, 9.17) is 9.26 Å². The van der Waals surface area contributed by atoms with Crippen molar-refractivity contribution in [2.24, 2.45) is 0 Å². The zero-order chi connectivity index (χ0) is 20.3. The average molecular weight is 407 g/mol. The Morgan fingerprint density at radius 3 is 2.68 bits per heavy atom. The number of ether oxygens (including phenoxy) is 1. The van der Waals surface area contributed by atoms with Crippen LogP contribution in [0.2, 0.25) is 0 Å². The molecule has 0 bridgehead atoms. The van der Waals surface area contributed by atoms with Crippen molar-refractivity contribution in [3.05, 3.63) is 40.8 Å². The molecule has 10 heteroatoms. The fourth-order valence-electron chi connectivity index (χ4n) is 3.13. The lowest BCUT2D eigenvalue weighted by atomic mass is 10.1. The second-order valence-electron chi connectivity index (χ2n) is 6.52. The molecule has 1 amide bonds. The van der Waals surface area contributed by atoms with Crippen LogP contribution in [0.25, 0.3) is 0 Å². The number of nitrogens with one attached hydrogen (secondary N) is 2. The van der Waals surface area contributed by atoms with Crippen LogP contribution in [0.5, 0.6) is 0 Å². The SMILES string of the molecule is Cc1noc(C)c1S(=O)(=O)NCC(=O)OCC(=O)Nc1ccc2c(c1)CCC2. The van der Waals surface area contributed by atoms with Crippen molar-refractivity contribution in [3.63, 3.8) is 0 Å². The summed E-state index contributed by atoms with van der Waals surface area (Å²) >= 11 is 0. The molecule has 0 saturated carbocycles. The van der Waals surface area contributed by atoms with Crippen molar-refractivity contribution in [3.8, 4) is 0 Å². The van der Waals surface area contributed by atoms with Gasteiger partial charge in [0.05, 0.1) is 0 Å². The molecule has 0 unspecified atom stereocenters. The lowest BCUT2D eigenvalue weighted by molar-refractivity contribution is -0.146. The van der Waals surface area contributed by atoms with Gasteiger partial charge in [-0.3, -0.25) is 9.59 Å². The highest BCUT2D eigenvalue weighted by atomic mass is 32.2. The van der Waals surface area contributed by atoms with Gasteiger partial charge in [0.1, 0.15) is 17.1 Å². The van der Waals surface area contributed by atoms with Crippen molar-refractivity contribution in [2.45, 2.75) is 38.0 Å². The van der Waals surface area contributed by atoms with E-state index < -0.39 is 35.1 Å². The van der Waals surface area contributed by atoms with Crippen molar-refractivity contribution in [1.29, 1.82) is 0 Å². The summed E-state index contributed by atoms with van der Waals surface area (Å²) in [6, 6.07) is 5.70. The van der Waals surface area contributed by atoms with Gasteiger partial charge in [0, 0.05) is 5.69 Å². The standard InChI is InChI=1S/C18H21N3O6S/c1-11-18(12(2)27-21-11)28(24,25)19-9-17(23)26-10-16(22)20-15-7-6-13-4-3-5-14(13)8-15/h6-8,19H,3-5,9-10H2,1-2H3,(H,20,22). The summed E-state index contributed by atoms with van der Waals surface area (Å²) < 4.78 is 36.2. The van der Waals surface area contributed by atoms with Crippen molar-refractivity contribution < 1.29 is 27.3 Å². The van der Waals surface area contributed by atoms with E-state index in [0.29, 0.717) is 5.69 Å². The molecular weight excluding hydrogens is 386 g/mol. The van der Waals surface area contributed by atoms with E-state index in [0.717, 1.165) is 19.3 Å². The lowest BCUT2D eigenvalue weighted by Crippen LogP contribution is -2.32. The van der Waals surface area contributed by atoms with Gasteiger partial charge in [-0.05, 0) is 56.4 Å². The molecular formula is C18H21N3O6S. The molecule has 0 radical (unpaired) electrons. The Labute approximate surface area is 162 Å². The number of aryl methyl sites for hydroxylation is 4. The predicted octanol–water partition coefficient (Wildman–Crippen LogP) is 1.24. The van der Waals surface area contributed by atoms with Gasteiger partial charge in [-0.15, -0.1) is 0 Å². The van der Waals surface area contributed by atoms with Gasteiger partial charge >= 0.3 is 5.97 Å². The third kappa shape index (κ3) is 4.57. The number of hydrogen-bond donors (Lipinski definition) is 2. The Morgan fingerprint density at radius 1 is 1.21 bits per heavy atom. The Bertz CT molecular complexity index is 993. The third-order valence-corrected chi connectivity index (χ3v) is 6.03. The zero-order valence-electron chi connectivity index (χ0n) is 15.6. The van der Waals surface area contributed by atoms with Crippen molar-refractivity contribution >= 4 is 27.6 Å². The predicted molar refractivity (Wildman–Crippen MR) is 99.2 cm³/mol. The minimum atomic E-state index is -3.97.